The lowest BCUT2D eigenvalue weighted by Gasteiger charge is -2.18. The molecule has 23 heavy (non-hydrogen) atoms. The highest BCUT2D eigenvalue weighted by atomic mass is 35.5. The Labute approximate surface area is 141 Å². The van der Waals surface area contributed by atoms with Gasteiger partial charge in [0.25, 0.3) is 0 Å². The van der Waals surface area contributed by atoms with E-state index in [4.69, 9.17) is 11.6 Å². The van der Waals surface area contributed by atoms with Gasteiger partial charge in [-0.05, 0) is 24.1 Å². The number of halogens is 1. The van der Waals surface area contributed by atoms with Crippen molar-refractivity contribution in [2.75, 3.05) is 13.1 Å². The maximum absolute atomic E-state index is 12.0. The van der Waals surface area contributed by atoms with Gasteiger partial charge in [0, 0.05) is 18.5 Å². The molecule has 3 N–H and O–H groups in total. The van der Waals surface area contributed by atoms with E-state index in [0.29, 0.717) is 11.6 Å². The highest BCUT2D eigenvalue weighted by Gasteiger charge is 2.17. The number of rotatable bonds is 8. The average Bonchev–Trinajstić information content (AvgIpc) is 2.50. The Morgan fingerprint density at radius 2 is 1.74 bits per heavy atom. The normalized spacial score (nSPS) is 11.4. The van der Waals surface area contributed by atoms with Crippen LogP contribution >= 0.6 is 11.6 Å². The molecule has 3 amide bonds. The Hall–Kier alpha value is -2.08. The van der Waals surface area contributed by atoms with Gasteiger partial charge in [0.1, 0.15) is 0 Å². The number of amides is 3. The van der Waals surface area contributed by atoms with Crippen molar-refractivity contribution in [2.45, 2.75) is 32.7 Å². The van der Waals surface area contributed by atoms with Crippen LogP contribution < -0.4 is 16.0 Å². The van der Waals surface area contributed by atoms with E-state index in [-0.39, 0.29) is 30.7 Å². The van der Waals surface area contributed by atoms with Crippen LogP contribution in [0.25, 0.3) is 0 Å². The number of hydrogen-bond donors (Lipinski definition) is 3. The lowest BCUT2D eigenvalue weighted by molar-refractivity contribution is -0.127. The van der Waals surface area contributed by atoms with Gasteiger partial charge in [-0.15, -0.1) is 0 Å². The second-order valence-electron chi connectivity index (χ2n) is 5.14. The van der Waals surface area contributed by atoms with E-state index in [0.717, 1.165) is 12.0 Å². The average molecular weight is 340 g/mol. The van der Waals surface area contributed by atoms with Crippen LogP contribution in [0, 0.1) is 0 Å². The molecule has 6 nitrogen and oxygen atoms in total. The van der Waals surface area contributed by atoms with E-state index < -0.39 is 6.04 Å². The van der Waals surface area contributed by atoms with Crippen molar-refractivity contribution in [3.05, 3.63) is 34.9 Å². The molecule has 0 aliphatic carbocycles. The molecular formula is C16H22ClN3O3. The molecule has 0 aromatic heterocycles. The van der Waals surface area contributed by atoms with Crippen molar-refractivity contribution in [3.63, 3.8) is 0 Å². The monoisotopic (exact) mass is 339 g/mol. The van der Waals surface area contributed by atoms with Gasteiger partial charge in [-0.25, -0.2) is 0 Å². The van der Waals surface area contributed by atoms with Gasteiger partial charge in [-0.2, -0.15) is 0 Å². The third kappa shape index (κ3) is 7.65. The van der Waals surface area contributed by atoms with Crippen molar-refractivity contribution in [3.8, 4) is 0 Å². The molecule has 7 heteroatoms. The highest BCUT2D eigenvalue weighted by molar-refractivity contribution is 6.30. The Kier molecular flexibility index (Phi) is 8.11. The Balaban J connectivity index is 2.59. The topological polar surface area (TPSA) is 87.3 Å². The quantitative estimate of drug-likeness (QED) is 0.671. The minimum atomic E-state index is -0.469. The summed E-state index contributed by atoms with van der Waals surface area (Å²) < 4.78 is 0. The number of benzene rings is 1. The van der Waals surface area contributed by atoms with Crippen LogP contribution in [0.4, 0.5) is 0 Å². The second-order valence-corrected chi connectivity index (χ2v) is 5.57. The van der Waals surface area contributed by atoms with Crippen molar-refractivity contribution in [2.24, 2.45) is 0 Å². The van der Waals surface area contributed by atoms with E-state index in [1.165, 1.54) is 6.92 Å². The highest BCUT2D eigenvalue weighted by Crippen LogP contribution is 2.19. The molecule has 0 aliphatic rings. The summed E-state index contributed by atoms with van der Waals surface area (Å²) in [5.41, 5.74) is 0.773. The minimum Gasteiger partial charge on any atom is -0.355 e. The molecule has 1 aromatic carbocycles. The summed E-state index contributed by atoms with van der Waals surface area (Å²) in [6.07, 6.45) is 0.878. The largest absolute Gasteiger partial charge is 0.355 e. The van der Waals surface area contributed by atoms with Crippen LogP contribution in [0.1, 0.15) is 38.3 Å². The van der Waals surface area contributed by atoms with Gasteiger partial charge < -0.3 is 16.0 Å². The van der Waals surface area contributed by atoms with Crippen LogP contribution in [-0.4, -0.2) is 30.8 Å². The predicted molar refractivity (Wildman–Crippen MR) is 88.9 cm³/mol. The molecule has 0 bridgehead atoms. The van der Waals surface area contributed by atoms with Crippen LogP contribution in [0.5, 0.6) is 0 Å². The molecule has 1 rings (SSSR count). The van der Waals surface area contributed by atoms with Crippen LogP contribution in [0.2, 0.25) is 5.02 Å². The van der Waals surface area contributed by atoms with Gasteiger partial charge >= 0.3 is 0 Å². The zero-order valence-corrected chi connectivity index (χ0v) is 14.1. The van der Waals surface area contributed by atoms with Gasteiger partial charge in [-0.1, -0.05) is 30.7 Å². The molecule has 0 aliphatic heterocycles. The first-order valence-corrected chi connectivity index (χ1v) is 7.86. The van der Waals surface area contributed by atoms with E-state index in [2.05, 4.69) is 16.0 Å². The van der Waals surface area contributed by atoms with Crippen molar-refractivity contribution < 1.29 is 14.4 Å². The fourth-order valence-corrected chi connectivity index (χ4v) is 2.08. The zero-order valence-electron chi connectivity index (χ0n) is 13.3. The standard InChI is InChI=1S/C16H22ClN3O3/c1-3-8-18-16(23)10-19-15(22)9-14(20-11(2)21)12-4-6-13(17)7-5-12/h4-7,14H,3,8-10H2,1-2H3,(H,18,23)(H,19,22)(H,20,21)/t14-/m0/s1. The summed E-state index contributed by atoms with van der Waals surface area (Å²) >= 11 is 5.84. The number of carbonyl (C=O) groups is 3. The molecule has 0 saturated heterocycles. The van der Waals surface area contributed by atoms with Gasteiger partial charge in [-0.3, -0.25) is 14.4 Å². The minimum absolute atomic E-state index is 0.0439. The van der Waals surface area contributed by atoms with Gasteiger partial charge in [0.2, 0.25) is 17.7 Å². The van der Waals surface area contributed by atoms with E-state index in [9.17, 15) is 14.4 Å². The Morgan fingerprint density at radius 3 is 2.30 bits per heavy atom. The lowest BCUT2D eigenvalue weighted by atomic mass is 10.0. The van der Waals surface area contributed by atoms with E-state index in [1.807, 2.05) is 6.92 Å². The lowest BCUT2D eigenvalue weighted by Crippen LogP contribution is -2.39. The SMILES string of the molecule is CCCNC(=O)CNC(=O)C[C@H](NC(C)=O)c1ccc(Cl)cc1. The summed E-state index contributed by atoms with van der Waals surface area (Å²) in [5, 5.41) is 8.52. The molecule has 0 saturated carbocycles. The smallest absolute Gasteiger partial charge is 0.239 e. The summed E-state index contributed by atoms with van der Waals surface area (Å²) in [6.45, 7) is 3.84. The van der Waals surface area contributed by atoms with Crippen LogP contribution in [0.15, 0.2) is 24.3 Å². The predicted octanol–water partition coefficient (Wildman–Crippen LogP) is 1.55. The molecule has 0 unspecified atom stereocenters. The van der Waals surface area contributed by atoms with Crippen LogP contribution in [-0.2, 0) is 14.4 Å². The molecule has 126 valence electrons. The van der Waals surface area contributed by atoms with Crippen molar-refractivity contribution in [1.29, 1.82) is 0 Å². The van der Waals surface area contributed by atoms with Crippen molar-refractivity contribution in [1.82, 2.24) is 16.0 Å². The van der Waals surface area contributed by atoms with Gasteiger partial charge in [0.15, 0.2) is 0 Å². The fraction of sp³-hybridized carbons (Fsp3) is 0.438. The number of hydrogen-bond acceptors (Lipinski definition) is 3. The molecule has 1 aromatic rings. The Bertz CT molecular complexity index is 546. The van der Waals surface area contributed by atoms with Gasteiger partial charge in [0.05, 0.1) is 19.0 Å². The van der Waals surface area contributed by atoms with E-state index >= 15 is 0 Å². The number of carbonyl (C=O) groups excluding carboxylic acids is 3. The number of nitrogens with one attached hydrogen (secondary N) is 3. The summed E-state index contributed by atoms with van der Waals surface area (Å²) in [4.78, 5) is 34.8. The first-order chi connectivity index (χ1) is 10.9. The fourth-order valence-electron chi connectivity index (χ4n) is 1.96. The molecule has 0 heterocycles. The first-order valence-electron chi connectivity index (χ1n) is 7.48. The summed E-state index contributed by atoms with van der Waals surface area (Å²) in [7, 11) is 0. The van der Waals surface area contributed by atoms with Crippen molar-refractivity contribution >= 4 is 29.3 Å². The maximum atomic E-state index is 12.0. The third-order valence-corrected chi connectivity index (χ3v) is 3.31. The molecule has 1 atom stereocenters. The second kappa shape index (κ2) is 9.84. The Morgan fingerprint density at radius 1 is 1.09 bits per heavy atom. The van der Waals surface area contributed by atoms with E-state index in [1.54, 1.807) is 24.3 Å². The molecular weight excluding hydrogens is 318 g/mol. The summed E-state index contributed by atoms with van der Waals surface area (Å²) in [6, 6.07) is 6.43. The first kappa shape index (κ1) is 19.0. The third-order valence-electron chi connectivity index (χ3n) is 3.06. The molecule has 0 spiro atoms. The van der Waals surface area contributed by atoms with Crippen LogP contribution in [0.3, 0.4) is 0 Å². The summed E-state index contributed by atoms with van der Waals surface area (Å²) in [5.74, 6) is -0.786. The zero-order chi connectivity index (χ0) is 17.2. The molecule has 0 radical (unpaired) electrons. The maximum Gasteiger partial charge on any atom is 0.239 e. The molecule has 0 fully saturated rings.